The van der Waals surface area contributed by atoms with E-state index in [1.807, 2.05) is 13.8 Å². The molecule has 16 heavy (non-hydrogen) atoms. The number of rotatable bonds is 4. The van der Waals surface area contributed by atoms with E-state index in [-0.39, 0.29) is 12.5 Å². The maximum absolute atomic E-state index is 12.9. The van der Waals surface area contributed by atoms with Crippen LogP contribution in [0.1, 0.15) is 20.8 Å². The normalized spacial score (nSPS) is 14.9. The van der Waals surface area contributed by atoms with Crippen molar-refractivity contribution in [3.63, 3.8) is 0 Å². The lowest BCUT2D eigenvalue weighted by molar-refractivity contribution is 0.0266. The van der Waals surface area contributed by atoms with Gasteiger partial charge in [-0.2, -0.15) is 0 Å². The third-order valence-electron chi connectivity index (χ3n) is 2.81. The molecule has 0 aliphatic rings. The summed E-state index contributed by atoms with van der Waals surface area (Å²) in [7, 11) is 0. The first-order valence-corrected chi connectivity index (χ1v) is 5.24. The molecule has 0 aromatic heterocycles. The van der Waals surface area contributed by atoms with E-state index >= 15 is 0 Å². The number of hydrogen-bond acceptors (Lipinski definition) is 2. The van der Waals surface area contributed by atoms with Crippen LogP contribution in [0.25, 0.3) is 0 Å². The molecule has 0 saturated carbocycles. The smallest absolute Gasteiger partial charge is 0.160 e. The maximum atomic E-state index is 12.9. The second-order valence-electron chi connectivity index (χ2n) is 4.49. The van der Waals surface area contributed by atoms with E-state index < -0.39 is 17.2 Å². The molecule has 1 atom stereocenters. The first-order valence-electron chi connectivity index (χ1n) is 5.24. The molecule has 0 bridgehead atoms. The van der Waals surface area contributed by atoms with Crippen LogP contribution in [0.3, 0.4) is 0 Å². The Balaban J connectivity index is 2.65. The Hall–Kier alpha value is -1.16. The van der Waals surface area contributed by atoms with Crippen molar-refractivity contribution >= 4 is 5.69 Å². The average Bonchev–Trinajstić information content (AvgIpc) is 2.20. The Bertz CT molecular complexity index is 364. The number of benzene rings is 1. The Morgan fingerprint density at radius 3 is 2.44 bits per heavy atom. The second-order valence-corrected chi connectivity index (χ2v) is 4.49. The minimum absolute atomic E-state index is 0.0743. The first-order chi connectivity index (χ1) is 7.33. The predicted octanol–water partition coefficient (Wildman–Crippen LogP) is 2.78. The number of anilines is 1. The van der Waals surface area contributed by atoms with Gasteiger partial charge in [0.25, 0.3) is 0 Å². The quantitative estimate of drug-likeness (QED) is 0.832. The van der Waals surface area contributed by atoms with Crippen molar-refractivity contribution in [3.8, 4) is 0 Å². The van der Waals surface area contributed by atoms with Crippen LogP contribution in [0.15, 0.2) is 18.2 Å². The highest BCUT2D eigenvalue weighted by atomic mass is 19.2. The molecule has 90 valence electrons. The Kier molecular flexibility index (Phi) is 3.86. The highest BCUT2D eigenvalue weighted by Gasteiger charge is 2.24. The lowest BCUT2D eigenvalue weighted by Crippen LogP contribution is -2.38. The van der Waals surface area contributed by atoms with Gasteiger partial charge in [-0.3, -0.25) is 0 Å². The monoisotopic (exact) mass is 229 g/mol. The standard InChI is InChI=1S/C12H17F2NO/c1-8(2)12(3,16)7-15-9-4-5-10(13)11(14)6-9/h4-6,8,15-16H,7H2,1-3H3. The summed E-state index contributed by atoms with van der Waals surface area (Å²) in [6.07, 6.45) is 0. The maximum Gasteiger partial charge on any atom is 0.160 e. The van der Waals surface area contributed by atoms with Crippen molar-refractivity contribution in [3.05, 3.63) is 29.8 Å². The van der Waals surface area contributed by atoms with Gasteiger partial charge in [-0.15, -0.1) is 0 Å². The summed E-state index contributed by atoms with van der Waals surface area (Å²) in [5, 5.41) is 12.8. The Morgan fingerprint density at radius 1 is 1.31 bits per heavy atom. The molecular formula is C12H17F2NO. The van der Waals surface area contributed by atoms with Crippen molar-refractivity contribution in [2.24, 2.45) is 5.92 Å². The predicted molar refractivity (Wildman–Crippen MR) is 60.3 cm³/mol. The van der Waals surface area contributed by atoms with Crippen molar-refractivity contribution in [1.29, 1.82) is 0 Å². The molecule has 1 aromatic carbocycles. The van der Waals surface area contributed by atoms with E-state index in [1.54, 1.807) is 6.92 Å². The molecular weight excluding hydrogens is 212 g/mol. The van der Waals surface area contributed by atoms with Gasteiger partial charge in [-0.1, -0.05) is 13.8 Å². The van der Waals surface area contributed by atoms with Gasteiger partial charge in [0.2, 0.25) is 0 Å². The first kappa shape index (κ1) is 12.9. The molecule has 0 aliphatic heterocycles. The molecule has 1 rings (SSSR count). The molecule has 1 aromatic rings. The van der Waals surface area contributed by atoms with Crippen molar-refractivity contribution in [2.75, 3.05) is 11.9 Å². The number of nitrogens with one attached hydrogen (secondary N) is 1. The molecule has 4 heteroatoms. The van der Waals surface area contributed by atoms with E-state index in [0.717, 1.165) is 12.1 Å². The van der Waals surface area contributed by atoms with Gasteiger partial charge in [0.15, 0.2) is 11.6 Å². The summed E-state index contributed by atoms with van der Waals surface area (Å²) in [6.45, 7) is 5.78. The van der Waals surface area contributed by atoms with Crippen LogP contribution in [0.5, 0.6) is 0 Å². The zero-order valence-electron chi connectivity index (χ0n) is 9.72. The summed E-state index contributed by atoms with van der Waals surface area (Å²) in [5.74, 6) is -1.69. The van der Waals surface area contributed by atoms with Gasteiger partial charge in [0.1, 0.15) is 0 Å². The lowest BCUT2D eigenvalue weighted by Gasteiger charge is -2.28. The molecule has 0 fully saturated rings. The van der Waals surface area contributed by atoms with Crippen LogP contribution < -0.4 is 5.32 Å². The third kappa shape index (κ3) is 3.17. The third-order valence-corrected chi connectivity index (χ3v) is 2.81. The van der Waals surface area contributed by atoms with Crippen molar-refractivity contribution < 1.29 is 13.9 Å². The molecule has 0 saturated heterocycles. The number of halogens is 2. The molecule has 2 N–H and O–H groups in total. The van der Waals surface area contributed by atoms with Gasteiger partial charge in [0.05, 0.1) is 5.60 Å². The average molecular weight is 229 g/mol. The number of hydrogen-bond donors (Lipinski definition) is 2. The van der Waals surface area contributed by atoms with E-state index in [9.17, 15) is 13.9 Å². The van der Waals surface area contributed by atoms with Gasteiger partial charge in [-0.25, -0.2) is 8.78 Å². The van der Waals surface area contributed by atoms with E-state index in [0.29, 0.717) is 5.69 Å². The number of aliphatic hydroxyl groups is 1. The van der Waals surface area contributed by atoms with Crippen LogP contribution in [0.2, 0.25) is 0 Å². The minimum Gasteiger partial charge on any atom is -0.388 e. The molecule has 2 nitrogen and oxygen atoms in total. The zero-order chi connectivity index (χ0) is 12.3. The van der Waals surface area contributed by atoms with E-state index in [2.05, 4.69) is 5.32 Å². The van der Waals surface area contributed by atoms with Gasteiger partial charge in [0, 0.05) is 18.3 Å². The molecule has 0 spiro atoms. The SMILES string of the molecule is CC(C)C(C)(O)CNc1ccc(F)c(F)c1. The molecule has 0 heterocycles. The van der Waals surface area contributed by atoms with Crippen molar-refractivity contribution in [2.45, 2.75) is 26.4 Å². The second kappa shape index (κ2) is 4.78. The van der Waals surface area contributed by atoms with Crippen LogP contribution in [0, 0.1) is 17.6 Å². The lowest BCUT2D eigenvalue weighted by atomic mass is 9.92. The Labute approximate surface area is 94.3 Å². The summed E-state index contributed by atoms with van der Waals surface area (Å²) in [4.78, 5) is 0. The molecule has 0 amide bonds. The minimum atomic E-state index is -0.894. The fourth-order valence-corrected chi connectivity index (χ4v) is 1.09. The summed E-state index contributed by atoms with van der Waals surface area (Å²) in [5.41, 5.74) is -0.426. The van der Waals surface area contributed by atoms with Crippen LogP contribution in [-0.2, 0) is 0 Å². The molecule has 1 unspecified atom stereocenters. The topological polar surface area (TPSA) is 32.3 Å². The highest BCUT2D eigenvalue weighted by molar-refractivity contribution is 5.43. The summed E-state index contributed by atoms with van der Waals surface area (Å²) >= 11 is 0. The van der Waals surface area contributed by atoms with Crippen LogP contribution >= 0.6 is 0 Å². The zero-order valence-corrected chi connectivity index (χ0v) is 9.72. The Morgan fingerprint density at radius 2 is 1.94 bits per heavy atom. The van der Waals surface area contributed by atoms with Gasteiger partial charge < -0.3 is 10.4 Å². The summed E-state index contributed by atoms with van der Waals surface area (Å²) in [6, 6.07) is 3.57. The highest BCUT2D eigenvalue weighted by Crippen LogP contribution is 2.18. The van der Waals surface area contributed by atoms with Gasteiger partial charge >= 0.3 is 0 Å². The summed E-state index contributed by atoms with van der Waals surface area (Å²) < 4.78 is 25.5. The van der Waals surface area contributed by atoms with Crippen molar-refractivity contribution in [1.82, 2.24) is 0 Å². The fourth-order valence-electron chi connectivity index (χ4n) is 1.09. The van der Waals surface area contributed by atoms with Crippen LogP contribution in [-0.4, -0.2) is 17.3 Å². The van der Waals surface area contributed by atoms with E-state index in [4.69, 9.17) is 0 Å². The largest absolute Gasteiger partial charge is 0.388 e. The van der Waals surface area contributed by atoms with E-state index in [1.165, 1.54) is 6.07 Å². The molecule has 0 radical (unpaired) electrons. The van der Waals surface area contributed by atoms with Gasteiger partial charge in [-0.05, 0) is 25.0 Å². The molecule has 0 aliphatic carbocycles. The fraction of sp³-hybridized carbons (Fsp3) is 0.500. The van der Waals surface area contributed by atoms with Crippen LogP contribution in [0.4, 0.5) is 14.5 Å².